The van der Waals surface area contributed by atoms with Gasteiger partial charge in [0, 0.05) is 25.2 Å². The van der Waals surface area contributed by atoms with Crippen molar-refractivity contribution in [3.05, 3.63) is 0 Å². The van der Waals surface area contributed by atoms with Crippen LogP contribution < -0.4 is 5.73 Å². The second kappa shape index (κ2) is 5.10. The lowest BCUT2D eigenvalue weighted by atomic mass is 9.68. The van der Waals surface area contributed by atoms with Crippen molar-refractivity contribution < 1.29 is 4.74 Å². The summed E-state index contributed by atoms with van der Waals surface area (Å²) in [7, 11) is 1.84. The highest BCUT2D eigenvalue weighted by atomic mass is 16.5. The minimum atomic E-state index is 0.279. The van der Waals surface area contributed by atoms with Crippen molar-refractivity contribution in [2.75, 3.05) is 20.2 Å². The van der Waals surface area contributed by atoms with Gasteiger partial charge >= 0.3 is 0 Å². The average molecular weight is 252 g/mol. The van der Waals surface area contributed by atoms with Crippen LogP contribution in [0.15, 0.2) is 0 Å². The topological polar surface area (TPSA) is 38.5 Å². The number of ether oxygens (including phenoxy) is 1. The molecule has 0 unspecified atom stereocenters. The first-order valence-corrected chi connectivity index (χ1v) is 7.79. The summed E-state index contributed by atoms with van der Waals surface area (Å²) in [5, 5.41) is 0. The van der Waals surface area contributed by atoms with E-state index in [0.717, 1.165) is 31.3 Å². The number of hydrogen-bond acceptors (Lipinski definition) is 3. The van der Waals surface area contributed by atoms with Gasteiger partial charge in [0.1, 0.15) is 0 Å². The Hall–Kier alpha value is -0.120. The maximum Gasteiger partial charge on any atom is 0.0607 e. The van der Waals surface area contributed by atoms with Gasteiger partial charge in [0.25, 0.3) is 0 Å². The fraction of sp³-hybridized carbons (Fsp3) is 1.00. The molecule has 3 nitrogen and oxygen atoms in total. The first-order chi connectivity index (χ1) is 8.79. The predicted molar refractivity (Wildman–Crippen MR) is 73.5 cm³/mol. The quantitative estimate of drug-likeness (QED) is 0.836. The zero-order chi connectivity index (χ0) is 12.6. The maximum atomic E-state index is 6.14. The van der Waals surface area contributed by atoms with Crippen molar-refractivity contribution in [1.82, 2.24) is 4.90 Å². The Morgan fingerprint density at radius 1 is 1.17 bits per heavy atom. The van der Waals surface area contributed by atoms with Crippen LogP contribution in [-0.2, 0) is 4.74 Å². The van der Waals surface area contributed by atoms with Gasteiger partial charge in [0.05, 0.1) is 6.10 Å². The smallest absolute Gasteiger partial charge is 0.0607 e. The van der Waals surface area contributed by atoms with Crippen LogP contribution in [0, 0.1) is 5.92 Å². The van der Waals surface area contributed by atoms with E-state index in [4.69, 9.17) is 10.5 Å². The highest BCUT2D eigenvalue weighted by Gasteiger charge is 2.51. The number of fused-ring (bicyclic) bond motifs is 1. The molecule has 3 heteroatoms. The number of hydrogen-bond donors (Lipinski definition) is 1. The summed E-state index contributed by atoms with van der Waals surface area (Å²) in [6.45, 7) is 2.09. The van der Waals surface area contributed by atoms with Crippen LogP contribution in [0.3, 0.4) is 0 Å². The Morgan fingerprint density at radius 2 is 1.89 bits per heavy atom. The lowest BCUT2D eigenvalue weighted by molar-refractivity contribution is -0.126. The third-order valence-corrected chi connectivity index (χ3v) is 5.78. The summed E-state index contributed by atoms with van der Waals surface area (Å²) in [6, 6.07) is 0.828. The third-order valence-electron chi connectivity index (χ3n) is 5.78. The van der Waals surface area contributed by atoms with Crippen molar-refractivity contribution in [2.45, 2.75) is 69.1 Å². The maximum absolute atomic E-state index is 6.14. The van der Waals surface area contributed by atoms with E-state index >= 15 is 0 Å². The van der Waals surface area contributed by atoms with Gasteiger partial charge in [-0.1, -0.05) is 12.8 Å². The van der Waals surface area contributed by atoms with Gasteiger partial charge in [-0.05, 0) is 51.0 Å². The van der Waals surface area contributed by atoms with Gasteiger partial charge in [-0.25, -0.2) is 0 Å². The number of methoxy groups -OCH3 is 1. The third kappa shape index (κ3) is 2.00. The van der Waals surface area contributed by atoms with Gasteiger partial charge < -0.3 is 10.5 Å². The van der Waals surface area contributed by atoms with Gasteiger partial charge in [0.2, 0.25) is 0 Å². The van der Waals surface area contributed by atoms with Gasteiger partial charge in [-0.3, -0.25) is 4.90 Å². The van der Waals surface area contributed by atoms with E-state index < -0.39 is 0 Å². The molecule has 1 heterocycles. The number of rotatable bonds is 3. The minimum Gasteiger partial charge on any atom is -0.381 e. The monoisotopic (exact) mass is 252 g/mol. The zero-order valence-corrected chi connectivity index (χ0v) is 11.7. The van der Waals surface area contributed by atoms with Crippen molar-refractivity contribution in [3.63, 3.8) is 0 Å². The number of piperidine rings is 1. The van der Waals surface area contributed by atoms with Crippen molar-refractivity contribution in [3.8, 4) is 0 Å². The van der Waals surface area contributed by atoms with E-state index in [-0.39, 0.29) is 5.54 Å². The molecule has 2 aliphatic carbocycles. The fourth-order valence-electron chi connectivity index (χ4n) is 4.69. The van der Waals surface area contributed by atoms with Crippen LogP contribution in [0.4, 0.5) is 0 Å². The summed E-state index contributed by atoms with van der Waals surface area (Å²) >= 11 is 0. The Bertz CT molecular complexity index is 286. The summed E-state index contributed by atoms with van der Waals surface area (Å²) in [5.41, 5.74) is 6.42. The second-order valence-corrected chi connectivity index (χ2v) is 6.64. The van der Waals surface area contributed by atoms with E-state index in [1.54, 1.807) is 0 Å². The van der Waals surface area contributed by atoms with Crippen LogP contribution >= 0.6 is 0 Å². The fourth-order valence-corrected chi connectivity index (χ4v) is 4.69. The van der Waals surface area contributed by atoms with Gasteiger partial charge in [0.15, 0.2) is 0 Å². The molecule has 0 aromatic carbocycles. The van der Waals surface area contributed by atoms with Gasteiger partial charge in [-0.2, -0.15) is 0 Å². The van der Waals surface area contributed by atoms with Crippen LogP contribution in [0.25, 0.3) is 0 Å². The molecule has 0 bridgehead atoms. The lowest BCUT2D eigenvalue weighted by Gasteiger charge is -2.59. The lowest BCUT2D eigenvalue weighted by Crippen LogP contribution is -2.68. The molecule has 2 saturated carbocycles. The summed E-state index contributed by atoms with van der Waals surface area (Å²) in [5.74, 6) is 0.956. The highest BCUT2D eigenvalue weighted by Crippen LogP contribution is 2.46. The van der Waals surface area contributed by atoms with Crippen molar-refractivity contribution in [1.29, 1.82) is 0 Å². The minimum absolute atomic E-state index is 0.279. The molecule has 0 aromatic heterocycles. The molecule has 0 amide bonds. The summed E-state index contributed by atoms with van der Waals surface area (Å²) in [4.78, 5) is 2.80. The normalized spacial score (nSPS) is 45.3. The molecule has 3 rings (SSSR count). The molecule has 1 saturated heterocycles. The molecular weight excluding hydrogens is 224 g/mol. The summed E-state index contributed by atoms with van der Waals surface area (Å²) in [6.07, 6.45) is 11.3. The number of nitrogens with two attached hydrogens (primary N) is 1. The Labute approximate surface area is 111 Å². The molecule has 0 spiro atoms. The number of nitrogens with zero attached hydrogens (tertiary/aromatic N) is 1. The molecule has 2 atom stereocenters. The average Bonchev–Trinajstić information content (AvgIpc) is 2.39. The van der Waals surface area contributed by atoms with E-state index in [0.29, 0.717) is 6.10 Å². The van der Waals surface area contributed by atoms with E-state index in [9.17, 15) is 0 Å². The van der Waals surface area contributed by atoms with Crippen molar-refractivity contribution in [2.24, 2.45) is 11.7 Å². The predicted octanol–water partition coefficient (Wildman–Crippen LogP) is 2.15. The molecule has 0 aromatic rings. The molecule has 2 N–H and O–H groups in total. The molecule has 1 aliphatic heterocycles. The van der Waals surface area contributed by atoms with Crippen LogP contribution in [-0.4, -0.2) is 42.8 Å². The second-order valence-electron chi connectivity index (χ2n) is 6.64. The molecule has 0 radical (unpaired) electrons. The Morgan fingerprint density at radius 3 is 2.61 bits per heavy atom. The van der Waals surface area contributed by atoms with Gasteiger partial charge in [-0.15, -0.1) is 0 Å². The molecular formula is C15H28N2O. The highest BCUT2D eigenvalue weighted by molar-refractivity contribution is 5.08. The number of likely N-dealkylation sites (tertiary alicyclic amines) is 1. The Kier molecular flexibility index (Phi) is 3.65. The van der Waals surface area contributed by atoms with E-state index in [2.05, 4.69) is 4.90 Å². The first-order valence-electron chi connectivity index (χ1n) is 7.79. The SMILES string of the molecule is COC1CC(CN)(N2CCC[C@H]3CCCC[C@H]32)C1. The molecule has 3 fully saturated rings. The largest absolute Gasteiger partial charge is 0.381 e. The van der Waals surface area contributed by atoms with Crippen LogP contribution in [0.2, 0.25) is 0 Å². The molecule has 18 heavy (non-hydrogen) atoms. The standard InChI is InChI=1S/C15H28N2O/c1-18-13-9-15(10-13,11-16)17-8-4-6-12-5-2-3-7-14(12)17/h12-14H,2-11,16H2,1H3/t12-,13?,14-,15?/m1/s1. The van der Waals surface area contributed by atoms with Crippen LogP contribution in [0.5, 0.6) is 0 Å². The van der Waals surface area contributed by atoms with Crippen molar-refractivity contribution >= 4 is 0 Å². The molecule has 3 aliphatic rings. The van der Waals surface area contributed by atoms with Crippen LogP contribution in [0.1, 0.15) is 51.4 Å². The Balaban J connectivity index is 1.73. The zero-order valence-electron chi connectivity index (χ0n) is 11.7. The van der Waals surface area contributed by atoms with E-state index in [1.807, 2.05) is 7.11 Å². The van der Waals surface area contributed by atoms with E-state index in [1.165, 1.54) is 45.1 Å². The molecule has 104 valence electrons. The summed E-state index contributed by atoms with van der Waals surface area (Å²) < 4.78 is 5.49. The first kappa shape index (κ1) is 12.9.